The van der Waals surface area contributed by atoms with Crippen LogP contribution in [0.1, 0.15) is 30.5 Å². The fourth-order valence-electron chi connectivity index (χ4n) is 2.04. The summed E-state index contributed by atoms with van der Waals surface area (Å²) in [6, 6.07) is 6.39. The number of hydrogen-bond acceptors (Lipinski definition) is 2. The van der Waals surface area contributed by atoms with Crippen LogP contribution in [-0.4, -0.2) is 24.2 Å². The number of carboxylic acid groups (broad SMARTS) is 1. The van der Waals surface area contributed by atoms with E-state index in [9.17, 15) is 4.79 Å². The Kier molecular flexibility index (Phi) is 4.29. The lowest BCUT2D eigenvalue weighted by Gasteiger charge is -2.27. The van der Waals surface area contributed by atoms with Crippen molar-refractivity contribution in [3.63, 3.8) is 0 Å². The number of hydrogen-bond donors (Lipinski definition) is 2. The van der Waals surface area contributed by atoms with Gasteiger partial charge in [-0.25, -0.2) is 0 Å². The van der Waals surface area contributed by atoms with Crippen molar-refractivity contribution in [3.05, 3.63) is 34.9 Å². The van der Waals surface area contributed by atoms with Crippen molar-refractivity contribution in [1.82, 2.24) is 5.32 Å². The normalized spacial score (nSPS) is 11.5. The summed E-state index contributed by atoms with van der Waals surface area (Å²) < 4.78 is 0. The molecule has 1 rings (SSSR count). The first-order valence-electron chi connectivity index (χ1n) is 5.83. The average molecular weight is 235 g/mol. The van der Waals surface area contributed by atoms with Crippen LogP contribution in [0.15, 0.2) is 18.2 Å². The lowest BCUT2D eigenvalue weighted by molar-refractivity contribution is -0.136. The molecule has 0 aliphatic heterocycles. The van der Waals surface area contributed by atoms with Gasteiger partial charge in [-0.2, -0.15) is 0 Å². The molecule has 1 aromatic carbocycles. The number of carbonyl (C=O) groups is 1. The van der Waals surface area contributed by atoms with E-state index in [2.05, 4.69) is 51.2 Å². The quantitative estimate of drug-likeness (QED) is 0.823. The highest BCUT2D eigenvalue weighted by Crippen LogP contribution is 2.26. The van der Waals surface area contributed by atoms with E-state index in [-0.39, 0.29) is 12.0 Å². The molecule has 0 saturated heterocycles. The lowest BCUT2D eigenvalue weighted by atomic mass is 9.81. The summed E-state index contributed by atoms with van der Waals surface area (Å²) in [5, 5.41) is 11.6. The second kappa shape index (κ2) is 5.32. The SMILES string of the molecule is Cc1ccc(C)c(C(C)(C)CNCC(=O)O)c1. The van der Waals surface area contributed by atoms with Crippen molar-refractivity contribution in [2.24, 2.45) is 0 Å². The molecule has 0 bridgehead atoms. The average Bonchev–Trinajstić information content (AvgIpc) is 2.20. The van der Waals surface area contributed by atoms with E-state index in [1.807, 2.05) is 0 Å². The molecular formula is C14H21NO2. The van der Waals surface area contributed by atoms with E-state index < -0.39 is 5.97 Å². The summed E-state index contributed by atoms with van der Waals surface area (Å²) in [6.45, 7) is 9.09. The molecule has 17 heavy (non-hydrogen) atoms. The minimum absolute atomic E-state index is 0.00823. The monoisotopic (exact) mass is 235 g/mol. The zero-order valence-electron chi connectivity index (χ0n) is 11.0. The van der Waals surface area contributed by atoms with Crippen LogP contribution < -0.4 is 5.32 Å². The van der Waals surface area contributed by atoms with Gasteiger partial charge in [0.2, 0.25) is 0 Å². The molecule has 3 heteroatoms. The van der Waals surface area contributed by atoms with Crippen molar-refractivity contribution in [2.45, 2.75) is 33.1 Å². The van der Waals surface area contributed by atoms with E-state index in [4.69, 9.17) is 5.11 Å². The number of carboxylic acids is 1. The highest BCUT2D eigenvalue weighted by molar-refractivity contribution is 5.69. The fourth-order valence-corrected chi connectivity index (χ4v) is 2.04. The maximum atomic E-state index is 10.5. The standard InChI is InChI=1S/C14H21NO2/c1-10-5-6-11(2)12(7-10)14(3,4)9-15-8-13(16)17/h5-7,15H,8-9H2,1-4H3,(H,16,17). The highest BCUT2D eigenvalue weighted by Gasteiger charge is 2.22. The van der Waals surface area contributed by atoms with Gasteiger partial charge in [0, 0.05) is 12.0 Å². The predicted octanol–water partition coefficient (Wildman–Crippen LogP) is 2.26. The largest absolute Gasteiger partial charge is 0.480 e. The molecule has 0 fully saturated rings. The number of rotatable bonds is 5. The molecule has 0 amide bonds. The third kappa shape index (κ3) is 3.86. The molecule has 0 unspecified atom stereocenters. The van der Waals surface area contributed by atoms with Gasteiger partial charge in [0.15, 0.2) is 0 Å². The van der Waals surface area contributed by atoms with Gasteiger partial charge in [-0.1, -0.05) is 37.6 Å². The van der Waals surface area contributed by atoms with Crippen LogP contribution in [0.4, 0.5) is 0 Å². The van der Waals surface area contributed by atoms with Gasteiger partial charge in [0.1, 0.15) is 0 Å². The van der Waals surface area contributed by atoms with Gasteiger partial charge in [-0.05, 0) is 25.0 Å². The lowest BCUT2D eigenvalue weighted by Crippen LogP contribution is -2.36. The topological polar surface area (TPSA) is 49.3 Å². The van der Waals surface area contributed by atoms with E-state index in [1.54, 1.807) is 0 Å². The van der Waals surface area contributed by atoms with Crippen molar-refractivity contribution < 1.29 is 9.90 Å². The van der Waals surface area contributed by atoms with E-state index >= 15 is 0 Å². The van der Waals surface area contributed by atoms with E-state index in [1.165, 1.54) is 16.7 Å². The Morgan fingerprint density at radius 3 is 2.59 bits per heavy atom. The Morgan fingerprint density at radius 2 is 2.00 bits per heavy atom. The Hall–Kier alpha value is -1.35. The maximum absolute atomic E-state index is 10.5. The van der Waals surface area contributed by atoms with Crippen LogP contribution in [0.5, 0.6) is 0 Å². The molecule has 2 N–H and O–H groups in total. The molecule has 0 atom stereocenters. The van der Waals surface area contributed by atoms with Gasteiger partial charge in [-0.3, -0.25) is 4.79 Å². The maximum Gasteiger partial charge on any atom is 0.317 e. The van der Waals surface area contributed by atoms with Crippen molar-refractivity contribution >= 4 is 5.97 Å². The zero-order chi connectivity index (χ0) is 13.1. The number of aryl methyl sites for hydroxylation is 2. The van der Waals surface area contributed by atoms with Crippen LogP contribution in [0, 0.1) is 13.8 Å². The molecule has 0 saturated carbocycles. The molecule has 1 aromatic rings. The fraction of sp³-hybridized carbons (Fsp3) is 0.500. The molecular weight excluding hydrogens is 214 g/mol. The molecule has 0 aromatic heterocycles. The highest BCUT2D eigenvalue weighted by atomic mass is 16.4. The first-order valence-corrected chi connectivity index (χ1v) is 5.83. The number of benzene rings is 1. The van der Waals surface area contributed by atoms with Crippen molar-refractivity contribution in [2.75, 3.05) is 13.1 Å². The third-order valence-corrected chi connectivity index (χ3v) is 2.97. The van der Waals surface area contributed by atoms with Gasteiger partial charge in [0.25, 0.3) is 0 Å². The molecule has 0 aliphatic carbocycles. The second-order valence-electron chi connectivity index (χ2n) is 5.20. The summed E-state index contributed by atoms with van der Waals surface area (Å²) in [5.41, 5.74) is 3.69. The Labute approximate surface area is 103 Å². The minimum Gasteiger partial charge on any atom is -0.480 e. The minimum atomic E-state index is -0.818. The van der Waals surface area contributed by atoms with Crippen LogP contribution in [-0.2, 0) is 10.2 Å². The van der Waals surface area contributed by atoms with Crippen LogP contribution in [0.25, 0.3) is 0 Å². The van der Waals surface area contributed by atoms with Gasteiger partial charge in [-0.15, -0.1) is 0 Å². The van der Waals surface area contributed by atoms with Crippen LogP contribution >= 0.6 is 0 Å². The summed E-state index contributed by atoms with van der Waals surface area (Å²) in [5.74, 6) is -0.818. The number of nitrogens with one attached hydrogen (secondary N) is 1. The zero-order valence-corrected chi connectivity index (χ0v) is 11.0. The first-order chi connectivity index (χ1) is 7.83. The molecule has 0 aliphatic rings. The smallest absolute Gasteiger partial charge is 0.317 e. The predicted molar refractivity (Wildman–Crippen MR) is 69.4 cm³/mol. The third-order valence-electron chi connectivity index (χ3n) is 2.97. The molecule has 0 radical (unpaired) electrons. The Balaban J connectivity index is 2.81. The van der Waals surface area contributed by atoms with Crippen LogP contribution in [0.2, 0.25) is 0 Å². The van der Waals surface area contributed by atoms with Gasteiger partial charge < -0.3 is 10.4 Å². The van der Waals surface area contributed by atoms with Crippen molar-refractivity contribution in [1.29, 1.82) is 0 Å². The van der Waals surface area contributed by atoms with E-state index in [0.29, 0.717) is 6.54 Å². The van der Waals surface area contributed by atoms with Gasteiger partial charge in [0.05, 0.1) is 6.54 Å². The van der Waals surface area contributed by atoms with Crippen LogP contribution in [0.3, 0.4) is 0 Å². The Bertz CT molecular complexity index is 411. The summed E-state index contributed by atoms with van der Waals surface area (Å²) in [7, 11) is 0. The molecule has 0 spiro atoms. The summed E-state index contributed by atoms with van der Waals surface area (Å²) >= 11 is 0. The molecule has 3 nitrogen and oxygen atoms in total. The van der Waals surface area contributed by atoms with E-state index in [0.717, 1.165) is 0 Å². The van der Waals surface area contributed by atoms with Gasteiger partial charge >= 0.3 is 5.97 Å². The number of aliphatic carboxylic acids is 1. The summed E-state index contributed by atoms with van der Waals surface area (Å²) in [4.78, 5) is 10.5. The molecule has 0 heterocycles. The molecule has 94 valence electrons. The second-order valence-corrected chi connectivity index (χ2v) is 5.20. The Morgan fingerprint density at radius 1 is 1.35 bits per heavy atom. The van der Waals surface area contributed by atoms with Crippen molar-refractivity contribution in [3.8, 4) is 0 Å². The summed E-state index contributed by atoms with van der Waals surface area (Å²) in [6.07, 6.45) is 0. The first kappa shape index (κ1) is 13.7.